The number of ether oxygens (including phenoxy) is 6. The van der Waals surface area contributed by atoms with Crippen molar-refractivity contribution in [2.75, 3.05) is 17.2 Å². The zero-order valence-corrected chi connectivity index (χ0v) is 34.8. The number of para-hydroxylation sites is 12. The number of aliphatic imine (C=N–C) groups is 3. The molecule has 1 aliphatic carbocycles. The van der Waals surface area contributed by atoms with Crippen LogP contribution in [0.25, 0.3) is 0 Å². The number of nitrogens with zero attached hydrogens (tertiary/aromatic N) is 3. The molecule has 1 heterocycles. The Hall–Kier alpha value is -7.65. The normalized spacial score (nSPS) is 21.0. The molecular formula is C51H50N6O6. The van der Waals surface area contributed by atoms with Crippen LogP contribution in [0.3, 0.4) is 0 Å². The van der Waals surface area contributed by atoms with Crippen LogP contribution in [0.1, 0.15) is 38.5 Å². The number of benzene rings is 6. The third-order valence-electron chi connectivity index (χ3n) is 11.0. The maximum absolute atomic E-state index is 7.03. The van der Waals surface area contributed by atoms with Gasteiger partial charge in [-0.15, -0.1) is 0 Å². The molecule has 0 aromatic heterocycles. The van der Waals surface area contributed by atoms with E-state index >= 15 is 0 Å². The van der Waals surface area contributed by atoms with E-state index in [9.17, 15) is 0 Å². The smallest absolute Gasteiger partial charge is 0.146 e. The molecule has 0 amide bonds. The van der Waals surface area contributed by atoms with Gasteiger partial charge in [0.2, 0.25) is 0 Å². The summed E-state index contributed by atoms with van der Waals surface area (Å²) in [5.74, 6) is 5.87. The molecule has 6 atom stereocenters. The van der Waals surface area contributed by atoms with Gasteiger partial charge in [-0.05, 0) is 124 Å². The molecule has 0 saturated heterocycles. The van der Waals surface area contributed by atoms with Crippen LogP contribution in [-0.4, -0.2) is 48.5 Å². The largest absolute Gasteiger partial charge is 0.484 e. The minimum Gasteiger partial charge on any atom is -0.484 e. The average molecular weight is 843 g/mol. The lowest BCUT2D eigenvalue weighted by Gasteiger charge is -2.36. The molecule has 320 valence electrons. The lowest BCUT2D eigenvalue weighted by Crippen LogP contribution is -2.45. The van der Waals surface area contributed by atoms with Crippen molar-refractivity contribution in [3.05, 3.63) is 152 Å². The Morgan fingerprint density at radius 3 is 1.25 bits per heavy atom. The molecule has 6 aromatic carbocycles. The van der Waals surface area contributed by atoms with Gasteiger partial charge in [0, 0.05) is 0 Å². The van der Waals surface area contributed by atoms with E-state index in [1.54, 1.807) is 0 Å². The van der Waals surface area contributed by atoms with Crippen molar-refractivity contribution in [1.29, 1.82) is 0 Å². The first kappa shape index (κ1) is 42.1. The summed E-state index contributed by atoms with van der Waals surface area (Å²) in [4.78, 5) is 13.6. The Labute approximate surface area is 367 Å². The van der Waals surface area contributed by atoms with Gasteiger partial charge in [0.15, 0.2) is 0 Å². The monoisotopic (exact) mass is 842 g/mol. The minimum atomic E-state index is -0.594. The molecule has 6 N–H and O–H groups in total. The number of fused-ring (bicyclic) bond motifs is 3. The van der Waals surface area contributed by atoms with Crippen LogP contribution < -0.4 is 45.6 Å². The van der Waals surface area contributed by atoms with Gasteiger partial charge in [-0.3, -0.25) is 0 Å². The highest BCUT2D eigenvalue weighted by molar-refractivity contribution is 5.65. The van der Waals surface area contributed by atoms with Crippen molar-refractivity contribution >= 4 is 46.0 Å². The number of nitrogen functional groups attached to an aromatic ring is 3. The summed E-state index contributed by atoms with van der Waals surface area (Å²) in [6.45, 7) is 3.72. The van der Waals surface area contributed by atoms with E-state index in [1.807, 2.05) is 146 Å². The van der Waals surface area contributed by atoms with Gasteiger partial charge in [-0.2, -0.15) is 9.98 Å². The molecule has 1 fully saturated rings. The summed E-state index contributed by atoms with van der Waals surface area (Å²) in [5, 5.41) is 0. The zero-order valence-electron chi connectivity index (χ0n) is 34.8. The van der Waals surface area contributed by atoms with Gasteiger partial charge in [0.25, 0.3) is 0 Å². The maximum atomic E-state index is 7.03. The molecule has 2 aliphatic rings. The third-order valence-corrected chi connectivity index (χ3v) is 11.0. The minimum absolute atomic E-state index is 0.446. The van der Waals surface area contributed by atoms with Crippen molar-refractivity contribution < 1.29 is 28.4 Å². The zero-order chi connectivity index (χ0) is 43.4. The SMILES string of the molecule is C=C=Nc1ccccc1OC1CCC2Oc3ccccc3N=C=Nc3ccccc3OC2CCC(Oc2ccccc2N)C(Oc2ccccc2N)CCC1Oc1ccccc1N. The molecule has 63 heavy (non-hydrogen) atoms. The average Bonchev–Trinajstić information content (AvgIpc) is 3.32. The second-order valence-corrected chi connectivity index (χ2v) is 15.3. The number of hydrogen-bond acceptors (Lipinski definition) is 12. The van der Waals surface area contributed by atoms with Crippen LogP contribution in [0, 0.1) is 0 Å². The highest BCUT2D eigenvalue weighted by atomic mass is 16.6. The fraction of sp³-hybridized carbons (Fsp3) is 0.235. The lowest BCUT2D eigenvalue weighted by atomic mass is 9.91. The fourth-order valence-corrected chi connectivity index (χ4v) is 7.82. The molecule has 6 aromatic rings. The lowest BCUT2D eigenvalue weighted by molar-refractivity contribution is -0.0189. The fourth-order valence-electron chi connectivity index (χ4n) is 7.82. The summed E-state index contributed by atoms with van der Waals surface area (Å²) in [6.07, 6.45) is -0.730. The Morgan fingerprint density at radius 1 is 0.476 bits per heavy atom. The van der Waals surface area contributed by atoms with Crippen molar-refractivity contribution in [3.63, 3.8) is 0 Å². The number of hydrogen-bond donors (Lipinski definition) is 3. The van der Waals surface area contributed by atoms with Gasteiger partial charge in [-0.1, -0.05) is 72.8 Å². The Bertz CT molecular complexity index is 2610. The van der Waals surface area contributed by atoms with Gasteiger partial charge < -0.3 is 45.6 Å². The highest BCUT2D eigenvalue weighted by Gasteiger charge is 2.37. The standard InChI is InChI=1S/C51H50N6O6/c1-2-55-37-18-6-12-24-43(37)61-49-31-32-51-50(62-44-25-13-7-19-38(44)56-33-57-39-20-8-14-26-45(39)63-51)30-29-47(59-41-22-10-4-16-35(41)53)46(58-40-21-9-3-15-34(40)52)27-28-48(49)60-42-23-11-5-17-36(42)54/h3-26,46-51H,1,27-32,52-54H2. The van der Waals surface area contributed by atoms with Crippen molar-refractivity contribution in [2.24, 2.45) is 15.0 Å². The summed E-state index contributed by atoms with van der Waals surface area (Å²) in [6, 6.07) is 47.8. The number of rotatable bonds is 9. The first-order chi connectivity index (χ1) is 30.9. The van der Waals surface area contributed by atoms with Crippen molar-refractivity contribution in [3.8, 4) is 34.5 Å². The van der Waals surface area contributed by atoms with Crippen LogP contribution in [0.5, 0.6) is 34.5 Å². The summed E-state index contributed by atoms with van der Waals surface area (Å²) >= 11 is 0. The van der Waals surface area contributed by atoms with E-state index in [0.29, 0.717) is 107 Å². The van der Waals surface area contributed by atoms with Crippen molar-refractivity contribution in [2.45, 2.75) is 75.1 Å². The van der Waals surface area contributed by atoms with Crippen LogP contribution in [0.4, 0.5) is 34.1 Å². The van der Waals surface area contributed by atoms with E-state index in [1.165, 1.54) is 0 Å². The molecule has 0 radical (unpaired) electrons. The summed E-state index contributed by atoms with van der Waals surface area (Å²) in [5.41, 5.74) is 22.8. The Morgan fingerprint density at radius 2 is 0.825 bits per heavy atom. The van der Waals surface area contributed by atoms with Gasteiger partial charge in [0.1, 0.15) is 94.2 Å². The van der Waals surface area contributed by atoms with Crippen LogP contribution in [0.15, 0.2) is 167 Å². The van der Waals surface area contributed by atoms with E-state index in [0.717, 1.165) is 0 Å². The predicted molar refractivity (Wildman–Crippen MR) is 248 cm³/mol. The second-order valence-electron chi connectivity index (χ2n) is 15.3. The Kier molecular flexibility index (Phi) is 13.5. The summed E-state index contributed by atoms with van der Waals surface area (Å²) < 4.78 is 41.9. The first-order valence-corrected chi connectivity index (χ1v) is 21.1. The molecule has 0 spiro atoms. The highest BCUT2D eigenvalue weighted by Crippen LogP contribution is 2.38. The molecule has 1 aliphatic heterocycles. The van der Waals surface area contributed by atoms with E-state index in [2.05, 4.69) is 33.4 Å². The molecule has 12 heteroatoms. The molecule has 6 unspecified atom stereocenters. The molecule has 1 saturated carbocycles. The maximum Gasteiger partial charge on any atom is 0.146 e. The third kappa shape index (κ3) is 10.6. The van der Waals surface area contributed by atoms with Crippen LogP contribution >= 0.6 is 0 Å². The van der Waals surface area contributed by atoms with Gasteiger partial charge in [0.05, 0.1) is 17.1 Å². The van der Waals surface area contributed by atoms with E-state index in [4.69, 9.17) is 45.6 Å². The van der Waals surface area contributed by atoms with Crippen LogP contribution in [0.2, 0.25) is 0 Å². The predicted octanol–water partition coefficient (Wildman–Crippen LogP) is 10.7. The number of anilines is 3. The quantitative estimate of drug-likeness (QED) is 0.0946. The van der Waals surface area contributed by atoms with Crippen molar-refractivity contribution in [1.82, 2.24) is 0 Å². The summed E-state index contributed by atoms with van der Waals surface area (Å²) in [7, 11) is 0. The number of nitrogens with two attached hydrogens (primary N) is 3. The molecule has 0 bridgehead atoms. The van der Waals surface area contributed by atoms with Gasteiger partial charge in [-0.25, -0.2) is 4.99 Å². The Balaban J connectivity index is 1.28. The molecular weight excluding hydrogens is 793 g/mol. The second kappa shape index (κ2) is 20.3. The van der Waals surface area contributed by atoms with Crippen LogP contribution in [-0.2, 0) is 0 Å². The van der Waals surface area contributed by atoms with E-state index in [-0.39, 0.29) is 0 Å². The molecule has 8 rings (SSSR count). The molecule has 12 nitrogen and oxygen atoms in total. The van der Waals surface area contributed by atoms with Gasteiger partial charge >= 0.3 is 0 Å². The topological polar surface area (TPSA) is 171 Å². The first-order valence-electron chi connectivity index (χ1n) is 21.1. The van der Waals surface area contributed by atoms with E-state index < -0.39 is 36.6 Å².